The lowest BCUT2D eigenvalue weighted by Gasteiger charge is -2.03. The Labute approximate surface area is 101 Å². The molecule has 5 heteroatoms. The lowest BCUT2D eigenvalue weighted by Crippen LogP contribution is -2.09. The zero-order chi connectivity index (χ0) is 12.7. The zero-order valence-electron chi connectivity index (χ0n) is 9.39. The average molecular weight is 255 g/mol. The minimum atomic E-state index is -3.21. The largest absolute Gasteiger partial charge is 0.228 e. The highest BCUT2D eigenvalue weighted by Gasteiger charge is 2.11. The standard InChI is InChI=1S/C12H14FNO2S/c13-12-6-4-5-11(9-12)10-17(15,16)8-3-1-2-7-14/h4-6,9H,1-3,8,10H2. The Kier molecular flexibility index (Phi) is 5.11. The van der Waals surface area contributed by atoms with Gasteiger partial charge in [-0.2, -0.15) is 5.26 Å². The van der Waals surface area contributed by atoms with Crippen LogP contribution in [0.2, 0.25) is 0 Å². The van der Waals surface area contributed by atoms with Gasteiger partial charge >= 0.3 is 0 Å². The summed E-state index contributed by atoms with van der Waals surface area (Å²) in [5.74, 6) is -0.523. The Balaban J connectivity index is 2.52. The molecular formula is C12H14FNO2S. The SMILES string of the molecule is N#CCCCCS(=O)(=O)Cc1cccc(F)c1. The van der Waals surface area contributed by atoms with Gasteiger partial charge in [0.2, 0.25) is 0 Å². The molecule has 1 rings (SSSR count). The summed E-state index contributed by atoms with van der Waals surface area (Å²) in [5, 5.41) is 8.32. The van der Waals surface area contributed by atoms with Crippen LogP contribution in [-0.2, 0) is 15.6 Å². The van der Waals surface area contributed by atoms with Crippen LogP contribution < -0.4 is 0 Å². The van der Waals surface area contributed by atoms with Crippen LogP contribution >= 0.6 is 0 Å². The topological polar surface area (TPSA) is 57.9 Å². The zero-order valence-corrected chi connectivity index (χ0v) is 10.2. The smallest absolute Gasteiger partial charge is 0.154 e. The van der Waals surface area contributed by atoms with Crippen molar-refractivity contribution in [1.29, 1.82) is 5.26 Å². The number of benzene rings is 1. The molecule has 0 bridgehead atoms. The van der Waals surface area contributed by atoms with E-state index in [9.17, 15) is 12.8 Å². The van der Waals surface area contributed by atoms with Crippen LogP contribution in [0.5, 0.6) is 0 Å². The van der Waals surface area contributed by atoms with E-state index in [1.54, 1.807) is 6.07 Å². The second kappa shape index (κ2) is 6.36. The van der Waals surface area contributed by atoms with Gasteiger partial charge in [0.25, 0.3) is 0 Å². The van der Waals surface area contributed by atoms with Gasteiger partial charge in [-0.3, -0.25) is 0 Å². The predicted octanol–water partition coefficient (Wildman–Crippen LogP) is 2.43. The first-order valence-corrected chi connectivity index (χ1v) is 7.17. The maximum Gasteiger partial charge on any atom is 0.154 e. The molecule has 0 aliphatic rings. The van der Waals surface area contributed by atoms with Gasteiger partial charge in [0.05, 0.1) is 17.6 Å². The Hall–Kier alpha value is -1.41. The first-order valence-electron chi connectivity index (χ1n) is 5.35. The number of unbranched alkanes of at least 4 members (excludes halogenated alkanes) is 2. The molecule has 0 fully saturated rings. The van der Waals surface area contributed by atoms with Gasteiger partial charge in [-0.15, -0.1) is 0 Å². The number of hydrogen-bond donors (Lipinski definition) is 0. The number of sulfone groups is 1. The van der Waals surface area contributed by atoms with Crippen LogP contribution in [0.4, 0.5) is 4.39 Å². The highest BCUT2D eigenvalue weighted by atomic mass is 32.2. The molecule has 0 amide bonds. The van der Waals surface area contributed by atoms with Crippen molar-refractivity contribution in [2.45, 2.75) is 25.0 Å². The first kappa shape index (κ1) is 13.7. The molecule has 1 aromatic rings. The van der Waals surface area contributed by atoms with E-state index < -0.39 is 15.7 Å². The van der Waals surface area contributed by atoms with E-state index >= 15 is 0 Å². The van der Waals surface area contributed by atoms with Crippen molar-refractivity contribution in [3.05, 3.63) is 35.6 Å². The summed E-state index contributed by atoms with van der Waals surface area (Å²) in [6, 6.07) is 7.57. The van der Waals surface area contributed by atoms with Gasteiger partial charge in [-0.25, -0.2) is 12.8 Å². The Bertz CT molecular complexity index is 505. The maximum atomic E-state index is 12.9. The van der Waals surface area contributed by atoms with Crippen LogP contribution in [0.1, 0.15) is 24.8 Å². The lowest BCUT2D eigenvalue weighted by atomic mass is 10.2. The molecule has 0 atom stereocenters. The number of hydrogen-bond acceptors (Lipinski definition) is 3. The minimum absolute atomic E-state index is 0.0468. The Morgan fingerprint density at radius 1 is 1.29 bits per heavy atom. The average Bonchev–Trinajstić information content (AvgIpc) is 2.24. The van der Waals surface area contributed by atoms with E-state index in [0.29, 0.717) is 24.8 Å². The molecule has 0 saturated heterocycles. The van der Waals surface area contributed by atoms with Crippen molar-refractivity contribution in [3.8, 4) is 6.07 Å². The van der Waals surface area contributed by atoms with Crippen molar-refractivity contribution in [1.82, 2.24) is 0 Å². The van der Waals surface area contributed by atoms with E-state index in [4.69, 9.17) is 5.26 Å². The monoisotopic (exact) mass is 255 g/mol. The molecule has 0 N–H and O–H groups in total. The molecule has 0 saturated carbocycles. The van der Waals surface area contributed by atoms with Gasteiger partial charge in [-0.05, 0) is 30.5 Å². The van der Waals surface area contributed by atoms with Crippen LogP contribution in [0.3, 0.4) is 0 Å². The summed E-state index contributed by atoms with van der Waals surface area (Å²) < 4.78 is 36.2. The molecule has 92 valence electrons. The van der Waals surface area contributed by atoms with Gasteiger partial charge in [-0.1, -0.05) is 12.1 Å². The summed E-state index contributed by atoms with van der Waals surface area (Å²) in [6.45, 7) is 0. The van der Waals surface area contributed by atoms with Crippen molar-refractivity contribution in [3.63, 3.8) is 0 Å². The summed E-state index contributed by atoms with van der Waals surface area (Å²) >= 11 is 0. The molecule has 0 aliphatic carbocycles. The molecule has 17 heavy (non-hydrogen) atoms. The summed E-state index contributed by atoms with van der Waals surface area (Å²) in [4.78, 5) is 0. The van der Waals surface area contributed by atoms with E-state index in [0.717, 1.165) is 0 Å². The van der Waals surface area contributed by atoms with Crippen molar-refractivity contribution >= 4 is 9.84 Å². The van der Waals surface area contributed by atoms with Gasteiger partial charge in [0, 0.05) is 6.42 Å². The normalized spacial score (nSPS) is 11.1. The number of rotatable bonds is 6. The van der Waals surface area contributed by atoms with Crippen LogP contribution in [0.25, 0.3) is 0 Å². The summed E-state index contributed by atoms with van der Waals surface area (Å²) in [5.41, 5.74) is 0.463. The number of nitriles is 1. The van der Waals surface area contributed by atoms with Crippen molar-refractivity contribution < 1.29 is 12.8 Å². The van der Waals surface area contributed by atoms with Crippen molar-refractivity contribution in [2.24, 2.45) is 0 Å². The molecular weight excluding hydrogens is 241 g/mol. The summed E-state index contributed by atoms with van der Waals surface area (Å²) in [7, 11) is -3.21. The van der Waals surface area contributed by atoms with E-state index in [1.165, 1.54) is 18.2 Å². The molecule has 0 aliphatic heterocycles. The molecule has 0 unspecified atom stereocenters. The van der Waals surface area contributed by atoms with Crippen molar-refractivity contribution in [2.75, 3.05) is 5.75 Å². The number of halogens is 1. The van der Waals surface area contributed by atoms with E-state index in [2.05, 4.69) is 0 Å². The predicted molar refractivity (Wildman–Crippen MR) is 63.4 cm³/mol. The third kappa shape index (κ3) is 5.45. The fourth-order valence-electron chi connectivity index (χ4n) is 1.48. The maximum absolute atomic E-state index is 12.9. The molecule has 0 aromatic heterocycles. The van der Waals surface area contributed by atoms with E-state index in [1.807, 2.05) is 6.07 Å². The molecule has 3 nitrogen and oxygen atoms in total. The third-order valence-electron chi connectivity index (χ3n) is 2.27. The van der Waals surface area contributed by atoms with E-state index in [-0.39, 0.29) is 11.5 Å². The second-order valence-corrected chi connectivity index (χ2v) is 6.02. The number of nitrogens with zero attached hydrogens (tertiary/aromatic N) is 1. The highest BCUT2D eigenvalue weighted by Crippen LogP contribution is 2.10. The van der Waals surface area contributed by atoms with Gasteiger partial charge in [0.1, 0.15) is 5.82 Å². The molecule has 1 aromatic carbocycles. The first-order chi connectivity index (χ1) is 8.03. The fourth-order valence-corrected chi connectivity index (χ4v) is 2.95. The molecule has 0 radical (unpaired) electrons. The van der Waals surface area contributed by atoms with Gasteiger partial charge in [0.15, 0.2) is 9.84 Å². The second-order valence-electron chi connectivity index (χ2n) is 3.84. The molecule has 0 spiro atoms. The van der Waals surface area contributed by atoms with Crippen LogP contribution in [-0.4, -0.2) is 14.2 Å². The highest BCUT2D eigenvalue weighted by molar-refractivity contribution is 7.90. The Morgan fingerprint density at radius 2 is 2.06 bits per heavy atom. The molecule has 0 heterocycles. The lowest BCUT2D eigenvalue weighted by molar-refractivity contribution is 0.590. The van der Waals surface area contributed by atoms with Gasteiger partial charge < -0.3 is 0 Å². The quantitative estimate of drug-likeness (QED) is 0.733. The Morgan fingerprint density at radius 3 is 2.71 bits per heavy atom. The summed E-state index contributed by atoms with van der Waals surface area (Å²) in [6.07, 6.45) is 1.43. The fraction of sp³-hybridized carbons (Fsp3) is 0.417. The van der Waals surface area contributed by atoms with Crippen LogP contribution in [0.15, 0.2) is 24.3 Å². The minimum Gasteiger partial charge on any atom is -0.228 e. The van der Waals surface area contributed by atoms with Crippen LogP contribution in [0, 0.1) is 17.1 Å². The third-order valence-corrected chi connectivity index (χ3v) is 3.95.